The van der Waals surface area contributed by atoms with E-state index < -0.39 is 0 Å². The molecule has 2 amide bonds. The average Bonchev–Trinajstić information content (AvgIpc) is 3.22. The van der Waals surface area contributed by atoms with E-state index in [0.717, 1.165) is 44.3 Å². The maximum absolute atomic E-state index is 14.4. The second kappa shape index (κ2) is 7.31. The third-order valence-electron chi connectivity index (χ3n) is 4.97. The van der Waals surface area contributed by atoms with Gasteiger partial charge in [0.25, 0.3) is 5.91 Å². The summed E-state index contributed by atoms with van der Waals surface area (Å²) in [6.07, 6.45) is 4.02. The van der Waals surface area contributed by atoms with E-state index in [9.17, 15) is 14.0 Å². The molecule has 1 aliphatic heterocycles. The van der Waals surface area contributed by atoms with Gasteiger partial charge in [0.2, 0.25) is 5.91 Å². The molecule has 2 aromatic rings. The third kappa shape index (κ3) is 3.98. The Balaban J connectivity index is 1.44. The van der Waals surface area contributed by atoms with Gasteiger partial charge < -0.3 is 15.5 Å². The number of hydrogen-bond acceptors (Lipinski definition) is 4. The van der Waals surface area contributed by atoms with Crippen LogP contribution in [0, 0.1) is 18.7 Å². The summed E-state index contributed by atoms with van der Waals surface area (Å²) in [5, 5.41) is 6.30. The number of anilines is 3. The minimum absolute atomic E-state index is 0.0165. The van der Waals surface area contributed by atoms with Crippen molar-refractivity contribution in [2.24, 2.45) is 5.92 Å². The van der Waals surface area contributed by atoms with Crippen LogP contribution in [0.3, 0.4) is 0 Å². The molecule has 1 saturated carbocycles. The van der Waals surface area contributed by atoms with Gasteiger partial charge in [0.15, 0.2) is 0 Å². The Kier molecular flexibility index (Phi) is 4.86. The van der Waals surface area contributed by atoms with Gasteiger partial charge in [-0.3, -0.25) is 9.59 Å². The number of carbonyl (C=O) groups excluding carboxylic acids is 2. The largest absolute Gasteiger partial charge is 0.369 e. The molecule has 142 valence electrons. The molecule has 0 unspecified atom stereocenters. The molecule has 0 bridgehead atoms. The molecule has 2 heterocycles. The Morgan fingerprint density at radius 1 is 1.15 bits per heavy atom. The van der Waals surface area contributed by atoms with Crippen LogP contribution in [-0.4, -0.2) is 24.9 Å². The Morgan fingerprint density at radius 2 is 1.89 bits per heavy atom. The van der Waals surface area contributed by atoms with Gasteiger partial charge in [-0.25, -0.2) is 4.39 Å². The van der Waals surface area contributed by atoms with Crippen molar-refractivity contribution in [2.45, 2.75) is 32.6 Å². The van der Waals surface area contributed by atoms with Crippen LogP contribution in [0.5, 0.6) is 0 Å². The van der Waals surface area contributed by atoms with Crippen molar-refractivity contribution in [3.05, 3.63) is 40.5 Å². The van der Waals surface area contributed by atoms with Crippen LogP contribution < -0.4 is 15.5 Å². The van der Waals surface area contributed by atoms with Crippen LogP contribution in [0.2, 0.25) is 0 Å². The maximum Gasteiger partial charge on any atom is 0.266 e. The van der Waals surface area contributed by atoms with E-state index in [2.05, 4.69) is 10.6 Å². The van der Waals surface area contributed by atoms with Crippen molar-refractivity contribution < 1.29 is 14.0 Å². The van der Waals surface area contributed by atoms with E-state index in [1.165, 1.54) is 17.4 Å². The van der Waals surface area contributed by atoms with E-state index in [0.29, 0.717) is 21.3 Å². The number of thiophene rings is 1. The monoisotopic (exact) mass is 387 g/mol. The fourth-order valence-corrected chi connectivity index (χ4v) is 4.30. The van der Waals surface area contributed by atoms with E-state index in [1.54, 1.807) is 18.2 Å². The zero-order valence-electron chi connectivity index (χ0n) is 15.2. The molecule has 5 nitrogen and oxygen atoms in total. The van der Waals surface area contributed by atoms with Gasteiger partial charge in [0.1, 0.15) is 5.82 Å². The number of halogens is 1. The number of nitrogens with zero attached hydrogens (tertiary/aromatic N) is 1. The molecule has 27 heavy (non-hydrogen) atoms. The van der Waals surface area contributed by atoms with Crippen LogP contribution in [0.4, 0.5) is 20.8 Å². The minimum Gasteiger partial charge on any atom is -0.369 e. The zero-order valence-corrected chi connectivity index (χ0v) is 16.0. The maximum atomic E-state index is 14.4. The molecule has 1 saturated heterocycles. The average molecular weight is 387 g/mol. The summed E-state index contributed by atoms with van der Waals surface area (Å²) >= 11 is 1.24. The molecule has 7 heteroatoms. The van der Waals surface area contributed by atoms with Crippen molar-refractivity contribution >= 4 is 39.5 Å². The predicted octanol–water partition coefficient (Wildman–Crippen LogP) is 4.40. The summed E-state index contributed by atoms with van der Waals surface area (Å²) in [5.41, 5.74) is 1.80. The van der Waals surface area contributed by atoms with Crippen molar-refractivity contribution in [1.29, 1.82) is 0 Å². The summed E-state index contributed by atoms with van der Waals surface area (Å²) in [5.74, 6) is -0.489. The van der Waals surface area contributed by atoms with Gasteiger partial charge in [0.05, 0.1) is 15.6 Å². The highest BCUT2D eigenvalue weighted by Gasteiger charge is 2.30. The van der Waals surface area contributed by atoms with Gasteiger partial charge in [-0.1, -0.05) is 0 Å². The van der Waals surface area contributed by atoms with Crippen LogP contribution in [0.1, 0.15) is 40.9 Å². The lowest BCUT2D eigenvalue weighted by Crippen LogP contribution is -2.19. The Bertz CT molecular complexity index is 885. The normalized spacial score (nSPS) is 16.4. The lowest BCUT2D eigenvalue weighted by molar-refractivity contribution is -0.117. The van der Waals surface area contributed by atoms with Crippen molar-refractivity contribution in [2.75, 3.05) is 28.6 Å². The van der Waals surface area contributed by atoms with Crippen molar-refractivity contribution in [3.63, 3.8) is 0 Å². The first-order valence-electron chi connectivity index (χ1n) is 9.28. The number of amides is 2. The molecular formula is C20H22FN3O2S. The lowest BCUT2D eigenvalue weighted by atomic mass is 10.2. The summed E-state index contributed by atoms with van der Waals surface area (Å²) in [6, 6.07) is 6.62. The van der Waals surface area contributed by atoms with E-state index in [-0.39, 0.29) is 23.5 Å². The SMILES string of the molecule is Cc1cc(NC(=O)C2CC2)sc1C(=O)Nc1ccc(N2CCCC2)c(F)c1. The van der Waals surface area contributed by atoms with Crippen LogP contribution >= 0.6 is 11.3 Å². The Morgan fingerprint density at radius 3 is 2.56 bits per heavy atom. The van der Waals surface area contributed by atoms with Gasteiger partial charge in [0, 0.05) is 24.7 Å². The fourth-order valence-electron chi connectivity index (χ4n) is 3.33. The number of hydrogen-bond donors (Lipinski definition) is 2. The van der Waals surface area contributed by atoms with Gasteiger partial charge in [-0.05, 0) is 62.4 Å². The number of nitrogens with one attached hydrogen (secondary N) is 2. The Hall–Kier alpha value is -2.41. The van der Waals surface area contributed by atoms with Gasteiger partial charge in [-0.15, -0.1) is 11.3 Å². The van der Waals surface area contributed by atoms with E-state index in [4.69, 9.17) is 0 Å². The molecule has 0 atom stereocenters. The number of rotatable bonds is 5. The smallest absolute Gasteiger partial charge is 0.266 e. The molecule has 0 spiro atoms. The first kappa shape index (κ1) is 18.0. The fraction of sp³-hybridized carbons (Fsp3) is 0.400. The van der Waals surface area contributed by atoms with E-state index in [1.807, 2.05) is 11.8 Å². The predicted molar refractivity (Wildman–Crippen MR) is 106 cm³/mol. The minimum atomic E-state index is -0.324. The second-order valence-corrected chi connectivity index (χ2v) is 8.25. The number of benzene rings is 1. The summed E-state index contributed by atoms with van der Waals surface area (Å²) < 4.78 is 14.4. The van der Waals surface area contributed by atoms with Crippen molar-refractivity contribution in [1.82, 2.24) is 0 Å². The third-order valence-corrected chi connectivity index (χ3v) is 6.12. The van der Waals surface area contributed by atoms with Gasteiger partial charge in [-0.2, -0.15) is 0 Å². The molecular weight excluding hydrogens is 365 g/mol. The summed E-state index contributed by atoms with van der Waals surface area (Å²) in [6.45, 7) is 3.56. The lowest BCUT2D eigenvalue weighted by Gasteiger charge is -2.18. The summed E-state index contributed by atoms with van der Waals surface area (Å²) in [7, 11) is 0. The van der Waals surface area contributed by atoms with E-state index >= 15 is 0 Å². The molecule has 1 aromatic heterocycles. The molecule has 2 aliphatic rings. The van der Waals surface area contributed by atoms with Crippen molar-refractivity contribution in [3.8, 4) is 0 Å². The Labute approximate surface area is 161 Å². The van der Waals surface area contributed by atoms with Crippen LogP contribution in [0.25, 0.3) is 0 Å². The molecule has 4 rings (SSSR count). The highest BCUT2D eigenvalue weighted by Crippen LogP contribution is 2.33. The molecule has 1 aromatic carbocycles. The number of aryl methyl sites for hydroxylation is 1. The highest BCUT2D eigenvalue weighted by atomic mass is 32.1. The van der Waals surface area contributed by atoms with Crippen LogP contribution in [0.15, 0.2) is 24.3 Å². The first-order valence-corrected chi connectivity index (χ1v) is 10.1. The molecule has 1 aliphatic carbocycles. The molecule has 2 fully saturated rings. The molecule has 0 radical (unpaired) electrons. The molecule has 2 N–H and O–H groups in total. The zero-order chi connectivity index (χ0) is 19.0. The quantitative estimate of drug-likeness (QED) is 0.800. The summed E-state index contributed by atoms with van der Waals surface area (Å²) in [4.78, 5) is 27.0. The highest BCUT2D eigenvalue weighted by molar-refractivity contribution is 7.18. The van der Waals surface area contributed by atoms with Crippen LogP contribution in [-0.2, 0) is 4.79 Å². The standard InChI is InChI=1S/C20H22FN3O2S/c1-12-10-17(23-19(25)13-4-5-13)27-18(12)20(26)22-14-6-7-16(15(21)11-14)24-8-2-3-9-24/h6-7,10-11,13H,2-5,8-9H2,1H3,(H,22,26)(H,23,25). The second-order valence-electron chi connectivity index (χ2n) is 7.20. The topological polar surface area (TPSA) is 61.4 Å². The first-order chi connectivity index (χ1) is 13.0. The number of carbonyl (C=O) groups is 2. The van der Waals surface area contributed by atoms with Gasteiger partial charge >= 0.3 is 0 Å².